The molecule has 2 aromatic heterocycles. The number of hydrogen-bond donors (Lipinski definition) is 0. The van der Waals surface area contributed by atoms with Crippen molar-refractivity contribution in [3.63, 3.8) is 0 Å². The summed E-state index contributed by atoms with van der Waals surface area (Å²) in [5.41, 5.74) is 6.72. The standard InChI is InChI=1S/C36H22N2O2/c1-5-13-29-25(9-1)26-10-2-6-14-30(26)37(29)23-17-19-33-35(21-23)39-34-20-18-24(22-36(34)40-33)38-31-15-7-3-11-27(31)28-12-4-8-16-32(28)38/h1-22H. The van der Waals surface area contributed by atoms with Crippen LogP contribution in [0.3, 0.4) is 0 Å². The Balaban J connectivity index is 1.15. The number of nitrogens with zero attached hydrogens (tertiary/aromatic N) is 2. The topological polar surface area (TPSA) is 28.3 Å². The van der Waals surface area contributed by atoms with E-state index < -0.39 is 0 Å². The van der Waals surface area contributed by atoms with Gasteiger partial charge in [0.2, 0.25) is 0 Å². The van der Waals surface area contributed by atoms with Gasteiger partial charge in [-0.25, -0.2) is 0 Å². The molecule has 0 amide bonds. The van der Waals surface area contributed by atoms with Crippen LogP contribution in [0.25, 0.3) is 55.0 Å². The molecule has 4 heteroatoms. The van der Waals surface area contributed by atoms with Crippen LogP contribution in [0, 0.1) is 0 Å². The normalized spacial score (nSPS) is 12.4. The van der Waals surface area contributed by atoms with Gasteiger partial charge in [0.1, 0.15) is 0 Å². The van der Waals surface area contributed by atoms with Crippen molar-refractivity contribution in [3.8, 4) is 34.4 Å². The molecule has 0 saturated carbocycles. The van der Waals surface area contributed by atoms with Gasteiger partial charge in [0.05, 0.1) is 33.4 Å². The monoisotopic (exact) mass is 514 g/mol. The third-order valence-corrected chi connectivity index (χ3v) is 7.97. The molecule has 8 aromatic rings. The Labute approximate surface area is 229 Å². The molecular weight excluding hydrogens is 492 g/mol. The Kier molecular flexibility index (Phi) is 4.30. The predicted octanol–water partition coefficient (Wildman–Crippen LogP) is 9.78. The van der Waals surface area contributed by atoms with Crippen molar-refractivity contribution in [1.29, 1.82) is 0 Å². The summed E-state index contributed by atoms with van der Waals surface area (Å²) in [5.74, 6) is 2.82. The summed E-state index contributed by atoms with van der Waals surface area (Å²) in [6.45, 7) is 0. The number of fused-ring (bicyclic) bond motifs is 8. The van der Waals surface area contributed by atoms with Crippen molar-refractivity contribution >= 4 is 43.6 Å². The molecule has 0 atom stereocenters. The molecular formula is C36H22N2O2. The summed E-state index contributed by atoms with van der Waals surface area (Å²) in [7, 11) is 0. The maximum atomic E-state index is 6.44. The smallest absolute Gasteiger partial charge is 0.172 e. The highest BCUT2D eigenvalue weighted by Crippen LogP contribution is 2.47. The second-order valence-electron chi connectivity index (χ2n) is 10.2. The van der Waals surface area contributed by atoms with Crippen molar-refractivity contribution in [2.24, 2.45) is 0 Å². The highest BCUT2D eigenvalue weighted by Gasteiger charge is 2.22. The molecule has 0 saturated heterocycles. The summed E-state index contributed by atoms with van der Waals surface area (Å²) < 4.78 is 17.5. The van der Waals surface area contributed by atoms with Gasteiger partial charge >= 0.3 is 0 Å². The average Bonchev–Trinajstić information content (AvgIpc) is 3.53. The first-order valence-corrected chi connectivity index (χ1v) is 13.4. The zero-order chi connectivity index (χ0) is 26.2. The summed E-state index contributed by atoms with van der Waals surface area (Å²) in [6, 6.07) is 46.4. The molecule has 0 radical (unpaired) electrons. The van der Waals surface area contributed by atoms with Crippen LogP contribution in [-0.2, 0) is 0 Å². The van der Waals surface area contributed by atoms with E-state index in [0.717, 1.165) is 33.4 Å². The van der Waals surface area contributed by atoms with Crippen LogP contribution >= 0.6 is 0 Å². The molecule has 1 aliphatic heterocycles. The van der Waals surface area contributed by atoms with E-state index in [9.17, 15) is 0 Å². The lowest BCUT2D eigenvalue weighted by molar-refractivity contribution is 0.359. The van der Waals surface area contributed by atoms with Gasteiger partial charge in [0.15, 0.2) is 23.0 Å². The van der Waals surface area contributed by atoms with Crippen LogP contribution in [0.1, 0.15) is 0 Å². The molecule has 0 unspecified atom stereocenters. The van der Waals surface area contributed by atoms with Gasteiger partial charge in [-0.05, 0) is 48.5 Å². The van der Waals surface area contributed by atoms with E-state index in [4.69, 9.17) is 9.47 Å². The van der Waals surface area contributed by atoms with Crippen LogP contribution in [0.15, 0.2) is 133 Å². The highest BCUT2D eigenvalue weighted by molar-refractivity contribution is 6.10. The minimum atomic E-state index is 0.705. The van der Waals surface area contributed by atoms with Gasteiger partial charge < -0.3 is 18.6 Å². The highest BCUT2D eigenvalue weighted by atomic mass is 16.6. The third kappa shape index (κ3) is 2.96. The van der Waals surface area contributed by atoms with Gasteiger partial charge in [-0.3, -0.25) is 0 Å². The maximum absolute atomic E-state index is 6.44. The van der Waals surface area contributed by atoms with E-state index in [2.05, 4.69) is 130 Å². The molecule has 4 nitrogen and oxygen atoms in total. The van der Waals surface area contributed by atoms with Gasteiger partial charge in [-0.1, -0.05) is 72.8 Å². The molecule has 6 aromatic carbocycles. The van der Waals surface area contributed by atoms with Gasteiger partial charge in [0.25, 0.3) is 0 Å². The van der Waals surface area contributed by atoms with E-state index in [0.29, 0.717) is 23.0 Å². The van der Waals surface area contributed by atoms with Crippen LogP contribution < -0.4 is 9.47 Å². The summed E-state index contributed by atoms with van der Waals surface area (Å²) in [6.07, 6.45) is 0. The van der Waals surface area contributed by atoms with Crippen molar-refractivity contribution in [1.82, 2.24) is 9.13 Å². The van der Waals surface area contributed by atoms with Gasteiger partial charge in [0, 0.05) is 33.7 Å². The Morgan fingerprint density at radius 3 is 1.00 bits per heavy atom. The molecule has 0 aliphatic carbocycles. The van der Waals surface area contributed by atoms with Crippen molar-refractivity contribution in [3.05, 3.63) is 133 Å². The number of rotatable bonds is 2. The second-order valence-corrected chi connectivity index (χ2v) is 10.2. The van der Waals surface area contributed by atoms with Crippen LogP contribution in [0.4, 0.5) is 0 Å². The van der Waals surface area contributed by atoms with Crippen molar-refractivity contribution < 1.29 is 9.47 Å². The minimum Gasteiger partial charge on any atom is -0.449 e. The molecule has 1 aliphatic rings. The van der Waals surface area contributed by atoms with E-state index in [1.54, 1.807) is 0 Å². The lowest BCUT2D eigenvalue weighted by Crippen LogP contribution is -2.02. The first kappa shape index (κ1) is 21.5. The number of benzene rings is 6. The first-order chi connectivity index (χ1) is 19.8. The largest absolute Gasteiger partial charge is 0.449 e. The lowest BCUT2D eigenvalue weighted by Gasteiger charge is -2.22. The van der Waals surface area contributed by atoms with Crippen LogP contribution in [-0.4, -0.2) is 9.13 Å². The van der Waals surface area contributed by atoms with Crippen LogP contribution in [0.2, 0.25) is 0 Å². The zero-order valence-electron chi connectivity index (χ0n) is 21.4. The SMILES string of the molecule is c1ccc2c(c1)c1ccccc1n2-c1ccc2c(c1)Oc1ccc(-n3c4ccccc4c4ccccc43)cc1O2. The molecule has 0 spiro atoms. The van der Waals surface area contributed by atoms with Crippen LogP contribution in [0.5, 0.6) is 23.0 Å². The summed E-state index contributed by atoms with van der Waals surface area (Å²) in [4.78, 5) is 0. The quantitative estimate of drug-likeness (QED) is 0.230. The maximum Gasteiger partial charge on any atom is 0.172 e. The average molecular weight is 515 g/mol. The molecule has 9 rings (SSSR count). The van der Waals surface area contributed by atoms with Gasteiger partial charge in [-0.2, -0.15) is 0 Å². The fraction of sp³-hybridized carbons (Fsp3) is 0. The Hall–Kier alpha value is -5.48. The summed E-state index contributed by atoms with van der Waals surface area (Å²) in [5, 5.41) is 4.93. The molecule has 188 valence electrons. The predicted molar refractivity (Wildman–Crippen MR) is 162 cm³/mol. The molecule has 3 heterocycles. The number of hydrogen-bond acceptors (Lipinski definition) is 2. The molecule has 40 heavy (non-hydrogen) atoms. The van der Waals surface area contributed by atoms with E-state index >= 15 is 0 Å². The molecule has 0 N–H and O–H groups in total. The van der Waals surface area contributed by atoms with Crippen molar-refractivity contribution in [2.45, 2.75) is 0 Å². The number of ether oxygens (including phenoxy) is 2. The Bertz CT molecular complexity index is 2020. The van der Waals surface area contributed by atoms with Gasteiger partial charge in [-0.15, -0.1) is 0 Å². The molecule has 0 fully saturated rings. The van der Waals surface area contributed by atoms with E-state index in [1.165, 1.54) is 21.5 Å². The Morgan fingerprint density at radius 2 is 0.650 bits per heavy atom. The third-order valence-electron chi connectivity index (χ3n) is 7.97. The number of aromatic nitrogens is 2. The molecule has 0 bridgehead atoms. The lowest BCUT2D eigenvalue weighted by atomic mass is 10.2. The zero-order valence-corrected chi connectivity index (χ0v) is 21.4. The van der Waals surface area contributed by atoms with Crippen molar-refractivity contribution in [2.75, 3.05) is 0 Å². The fourth-order valence-corrected chi connectivity index (χ4v) is 6.24. The fourth-order valence-electron chi connectivity index (χ4n) is 6.24. The first-order valence-electron chi connectivity index (χ1n) is 13.4. The Morgan fingerprint density at radius 1 is 0.325 bits per heavy atom. The van der Waals surface area contributed by atoms with E-state index in [1.807, 2.05) is 12.1 Å². The van der Waals surface area contributed by atoms with E-state index in [-0.39, 0.29) is 0 Å². The number of para-hydroxylation sites is 4. The second kappa shape index (κ2) is 8.01. The summed E-state index contributed by atoms with van der Waals surface area (Å²) >= 11 is 0. The minimum absolute atomic E-state index is 0.705.